The van der Waals surface area contributed by atoms with Crippen LogP contribution in [0.1, 0.15) is 29.5 Å². The first-order valence-electron chi connectivity index (χ1n) is 11.2. The smallest absolute Gasteiger partial charge is 0.228 e. The lowest BCUT2D eigenvalue weighted by Gasteiger charge is -2.30. The summed E-state index contributed by atoms with van der Waals surface area (Å²) >= 11 is 0. The van der Waals surface area contributed by atoms with Crippen LogP contribution >= 0.6 is 0 Å². The number of carbonyl (C=O) groups excluding carboxylic acids is 2. The van der Waals surface area contributed by atoms with Gasteiger partial charge in [-0.05, 0) is 30.9 Å². The zero-order valence-corrected chi connectivity index (χ0v) is 19.3. The molecule has 2 aromatic rings. The lowest BCUT2D eigenvalue weighted by Crippen LogP contribution is -2.44. The van der Waals surface area contributed by atoms with E-state index in [1.807, 2.05) is 37.3 Å². The third-order valence-electron chi connectivity index (χ3n) is 6.48. The van der Waals surface area contributed by atoms with Crippen LogP contribution in [0, 0.1) is 12.8 Å². The maximum absolute atomic E-state index is 13.5. The van der Waals surface area contributed by atoms with Gasteiger partial charge >= 0.3 is 0 Å². The fourth-order valence-corrected chi connectivity index (χ4v) is 6.33. The highest BCUT2D eigenvalue weighted by atomic mass is 32.2. The number of carbonyl (C=O) groups is 2. The van der Waals surface area contributed by atoms with Crippen molar-refractivity contribution in [1.82, 2.24) is 9.80 Å². The second-order valence-electron chi connectivity index (χ2n) is 8.98. The summed E-state index contributed by atoms with van der Waals surface area (Å²) in [5.41, 5.74) is 3.33. The first-order valence-corrected chi connectivity index (χ1v) is 13.0. The molecule has 0 spiro atoms. The van der Waals surface area contributed by atoms with E-state index in [-0.39, 0.29) is 35.8 Å². The second-order valence-corrected chi connectivity index (χ2v) is 11.2. The van der Waals surface area contributed by atoms with Crippen molar-refractivity contribution in [1.29, 1.82) is 0 Å². The molecule has 0 bridgehead atoms. The number of hydrogen-bond acceptors (Lipinski definition) is 4. The molecule has 0 N–H and O–H groups in total. The number of rotatable bonds is 7. The summed E-state index contributed by atoms with van der Waals surface area (Å²) in [6.07, 6.45) is 1.40. The van der Waals surface area contributed by atoms with E-state index in [0.717, 1.165) is 12.0 Å². The fraction of sp³-hybridized carbons (Fsp3) is 0.440. The van der Waals surface area contributed by atoms with Crippen molar-refractivity contribution in [3.8, 4) is 0 Å². The van der Waals surface area contributed by atoms with Crippen molar-refractivity contribution in [2.45, 2.75) is 38.8 Å². The first kappa shape index (κ1) is 22.5. The molecule has 2 amide bonds. The van der Waals surface area contributed by atoms with Crippen LogP contribution in [0.15, 0.2) is 54.6 Å². The van der Waals surface area contributed by atoms with Gasteiger partial charge in [-0.1, -0.05) is 60.2 Å². The molecule has 2 fully saturated rings. The molecular formula is C25H30N2O4S. The van der Waals surface area contributed by atoms with E-state index in [4.69, 9.17) is 0 Å². The van der Waals surface area contributed by atoms with Gasteiger partial charge in [0, 0.05) is 32.1 Å². The Hall–Kier alpha value is -2.67. The number of aryl methyl sites for hydroxylation is 1. The highest BCUT2D eigenvalue weighted by Crippen LogP contribution is 2.26. The van der Waals surface area contributed by atoms with E-state index in [1.165, 1.54) is 11.1 Å². The summed E-state index contributed by atoms with van der Waals surface area (Å²) in [6, 6.07) is 17.6. The minimum absolute atomic E-state index is 0.00335. The van der Waals surface area contributed by atoms with Crippen molar-refractivity contribution in [3.05, 3.63) is 71.3 Å². The van der Waals surface area contributed by atoms with Crippen LogP contribution < -0.4 is 0 Å². The molecule has 4 rings (SSSR count). The molecule has 2 heterocycles. The molecule has 2 saturated heterocycles. The normalized spacial score (nSPS) is 22.3. The van der Waals surface area contributed by atoms with Crippen LogP contribution in [-0.2, 0) is 32.4 Å². The Balaban J connectivity index is 1.44. The molecule has 0 saturated carbocycles. The molecule has 6 nitrogen and oxygen atoms in total. The van der Waals surface area contributed by atoms with Gasteiger partial charge < -0.3 is 9.80 Å². The predicted octanol–water partition coefficient (Wildman–Crippen LogP) is 2.60. The van der Waals surface area contributed by atoms with Crippen molar-refractivity contribution in [2.75, 3.05) is 24.6 Å². The molecule has 2 atom stereocenters. The van der Waals surface area contributed by atoms with E-state index in [9.17, 15) is 18.0 Å². The van der Waals surface area contributed by atoms with Crippen molar-refractivity contribution in [3.63, 3.8) is 0 Å². The van der Waals surface area contributed by atoms with Gasteiger partial charge in [0.25, 0.3) is 0 Å². The molecule has 0 aliphatic carbocycles. The third kappa shape index (κ3) is 5.38. The summed E-state index contributed by atoms with van der Waals surface area (Å²) in [5, 5.41) is 0. The SMILES string of the molecule is Cc1ccc(CCN2CC(C(=O)N(Cc3ccccc3)C3CCS(=O)(=O)C3)CC2=O)cc1. The zero-order valence-electron chi connectivity index (χ0n) is 18.4. The van der Waals surface area contributed by atoms with Gasteiger partial charge in [0.05, 0.1) is 17.4 Å². The average Bonchev–Trinajstić information content (AvgIpc) is 3.33. The molecule has 170 valence electrons. The molecular weight excluding hydrogens is 424 g/mol. The maximum atomic E-state index is 13.5. The average molecular weight is 455 g/mol. The van der Waals surface area contributed by atoms with Gasteiger partial charge in [-0.2, -0.15) is 0 Å². The predicted molar refractivity (Wildman–Crippen MR) is 124 cm³/mol. The summed E-state index contributed by atoms with van der Waals surface area (Å²) in [6.45, 7) is 3.39. The zero-order chi connectivity index (χ0) is 22.7. The van der Waals surface area contributed by atoms with Gasteiger partial charge in [0.1, 0.15) is 0 Å². The Morgan fingerprint density at radius 1 is 1.06 bits per heavy atom. The van der Waals surface area contributed by atoms with Crippen molar-refractivity contribution in [2.24, 2.45) is 5.92 Å². The van der Waals surface area contributed by atoms with Gasteiger partial charge in [0.2, 0.25) is 11.8 Å². The van der Waals surface area contributed by atoms with Gasteiger partial charge in [-0.25, -0.2) is 8.42 Å². The highest BCUT2D eigenvalue weighted by Gasteiger charge is 2.41. The Bertz CT molecular complexity index is 1070. The number of likely N-dealkylation sites (tertiary alicyclic amines) is 1. The van der Waals surface area contributed by atoms with Crippen LogP contribution in [0.5, 0.6) is 0 Å². The molecule has 2 aliphatic heterocycles. The minimum Gasteiger partial charge on any atom is -0.342 e. The third-order valence-corrected chi connectivity index (χ3v) is 8.23. The highest BCUT2D eigenvalue weighted by molar-refractivity contribution is 7.91. The number of nitrogens with zero attached hydrogens (tertiary/aromatic N) is 2. The van der Waals surface area contributed by atoms with Crippen LogP contribution in [0.25, 0.3) is 0 Å². The molecule has 2 unspecified atom stereocenters. The lowest BCUT2D eigenvalue weighted by atomic mass is 10.0. The molecule has 7 heteroatoms. The van der Waals surface area contributed by atoms with Gasteiger partial charge in [-0.15, -0.1) is 0 Å². The first-order chi connectivity index (χ1) is 15.3. The monoisotopic (exact) mass is 454 g/mol. The van der Waals surface area contributed by atoms with E-state index in [1.54, 1.807) is 9.80 Å². The largest absolute Gasteiger partial charge is 0.342 e. The van der Waals surface area contributed by atoms with Crippen molar-refractivity contribution >= 4 is 21.7 Å². The molecule has 0 aromatic heterocycles. The van der Waals surface area contributed by atoms with Crippen LogP contribution in [-0.4, -0.2) is 60.7 Å². The van der Waals surface area contributed by atoms with E-state index < -0.39 is 15.8 Å². The maximum Gasteiger partial charge on any atom is 0.228 e. The van der Waals surface area contributed by atoms with Crippen LogP contribution in [0.2, 0.25) is 0 Å². The topological polar surface area (TPSA) is 74.8 Å². The van der Waals surface area contributed by atoms with Crippen molar-refractivity contribution < 1.29 is 18.0 Å². The summed E-state index contributed by atoms with van der Waals surface area (Å²) in [4.78, 5) is 29.6. The van der Waals surface area contributed by atoms with E-state index in [2.05, 4.69) is 24.3 Å². The molecule has 32 heavy (non-hydrogen) atoms. The van der Waals surface area contributed by atoms with Gasteiger partial charge in [-0.3, -0.25) is 9.59 Å². The minimum atomic E-state index is -3.12. The summed E-state index contributed by atoms with van der Waals surface area (Å²) < 4.78 is 24.2. The standard InChI is InChI=1S/C25H30N2O4S/c1-19-7-9-20(10-8-19)11-13-26-17-22(15-24(26)28)25(29)27(16-21-5-3-2-4-6-21)23-12-14-32(30,31)18-23/h2-10,22-23H,11-18H2,1H3. The number of sulfone groups is 1. The van der Waals surface area contributed by atoms with Crippen LogP contribution in [0.3, 0.4) is 0 Å². The fourth-order valence-electron chi connectivity index (χ4n) is 4.60. The van der Waals surface area contributed by atoms with Crippen LogP contribution in [0.4, 0.5) is 0 Å². The van der Waals surface area contributed by atoms with E-state index in [0.29, 0.717) is 26.1 Å². The molecule has 0 radical (unpaired) electrons. The molecule has 2 aliphatic rings. The second kappa shape index (κ2) is 9.45. The van der Waals surface area contributed by atoms with E-state index >= 15 is 0 Å². The Labute approximate surface area is 190 Å². The Kier molecular flexibility index (Phi) is 6.65. The lowest BCUT2D eigenvalue weighted by molar-refractivity contribution is -0.138. The number of benzene rings is 2. The summed E-state index contributed by atoms with van der Waals surface area (Å²) in [5.74, 6) is -0.421. The Morgan fingerprint density at radius 2 is 1.78 bits per heavy atom. The number of amides is 2. The van der Waals surface area contributed by atoms with Gasteiger partial charge in [0.15, 0.2) is 9.84 Å². The quantitative estimate of drug-likeness (QED) is 0.645. The Morgan fingerprint density at radius 3 is 2.44 bits per heavy atom. The summed E-state index contributed by atoms with van der Waals surface area (Å²) in [7, 11) is -3.12. The number of hydrogen-bond donors (Lipinski definition) is 0. The molecule has 2 aromatic carbocycles.